The molecule has 0 amide bonds. The first-order valence-corrected chi connectivity index (χ1v) is 5.67. The van der Waals surface area contributed by atoms with E-state index in [4.69, 9.17) is 0 Å². The molecule has 1 aliphatic rings. The van der Waals surface area contributed by atoms with Crippen LogP contribution in [0.5, 0.6) is 0 Å². The zero-order chi connectivity index (χ0) is 11.5. The maximum atomic E-state index is 11.7. The number of rotatable bonds is 1. The van der Waals surface area contributed by atoms with Crippen molar-refractivity contribution in [3.63, 3.8) is 0 Å². The predicted octanol–water partition coefficient (Wildman–Crippen LogP) is 0.300. The van der Waals surface area contributed by atoms with Gasteiger partial charge in [-0.3, -0.25) is 4.79 Å². The Hall–Kier alpha value is -1.36. The van der Waals surface area contributed by atoms with Gasteiger partial charge < -0.3 is 14.8 Å². The summed E-state index contributed by atoms with van der Waals surface area (Å²) in [4.78, 5) is 22.9. The van der Waals surface area contributed by atoms with Gasteiger partial charge in [-0.05, 0) is 26.9 Å². The first kappa shape index (κ1) is 11.1. The molecule has 1 aliphatic heterocycles. The molecule has 0 aliphatic carbocycles. The molecule has 0 radical (unpaired) electrons. The van der Waals surface area contributed by atoms with Crippen molar-refractivity contribution in [1.82, 2.24) is 14.9 Å². The molecule has 88 valence electrons. The van der Waals surface area contributed by atoms with Gasteiger partial charge in [0.25, 0.3) is 5.56 Å². The van der Waals surface area contributed by atoms with E-state index in [1.54, 1.807) is 12.4 Å². The molecule has 5 nitrogen and oxygen atoms in total. The van der Waals surface area contributed by atoms with Crippen LogP contribution in [-0.2, 0) is 0 Å². The molecule has 2 rings (SSSR count). The average Bonchev–Trinajstić information content (AvgIpc) is 2.40. The Morgan fingerprint density at radius 3 is 3.06 bits per heavy atom. The van der Waals surface area contributed by atoms with Crippen molar-refractivity contribution < 1.29 is 0 Å². The lowest BCUT2D eigenvalue weighted by Gasteiger charge is -2.27. The minimum atomic E-state index is -0.0982. The van der Waals surface area contributed by atoms with Gasteiger partial charge in [0.2, 0.25) is 0 Å². The molecule has 0 aromatic carbocycles. The highest BCUT2D eigenvalue weighted by molar-refractivity contribution is 5.36. The molecule has 1 atom stereocenters. The zero-order valence-electron chi connectivity index (χ0n) is 9.81. The largest absolute Gasteiger partial charge is 0.348 e. The topological polar surface area (TPSA) is 52.2 Å². The van der Waals surface area contributed by atoms with E-state index in [2.05, 4.69) is 33.7 Å². The van der Waals surface area contributed by atoms with Crippen LogP contribution in [0.2, 0.25) is 0 Å². The Kier molecular flexibility index (Phi) is 3.24. The molecule has 2 heterocycles. The number of aromatic nitrogens is 2. The summed E-state index contributed by atoms with van der Waals surface area (Å²) in [7, 11) is 2.11. The monoisotopic (exact) mass is 222 g/mol. The van der Waals surface area contributed by atoms with E-state index in [9.17, 15) is 4.79 Å². The standard InChI is InChI=1S/C11H18N4O/c1-9-8-14(2)6-3-7-15(9)10-11(16)13-5-4-12-10/h4-5,9H,3,6-8H2,1-2H3,(H,13,16). The predicted molar refractivity (Wildman–Crippen MR) is 63.8 cm³/mol. The van der Waals surface area contributed by atoms with E-state index in [0.717, 1.165) is 26.1 Å². The van der Waals surface area contributed by atoms with Gasteiger partial charge in [-0.25, -0.2) is 4.98 Å². The van der Waals surface area contributed by atoms with Gasteiger partial charge >= 0.3 is 0 Å². The molecule has 1 N–H and O–H groups in total. The molecule has 16 heavy (non-hydrogen) atoms. The molecule has 1 unspecified atom stereocenters. The van der Waals surface area contributed by atoms with E-state index in [1.165, 1.54) is 0 Å². The van der Waals surface area contributed by atoms with Gasteiger partial charge in [-0.15, -0.1) is 0 Å². The fourth-order valence-electron chi connectivity index (χ4n) is 2.24. The van der Waals surface area contributed by atoms with Crippen LogP contribution in [0.1, 0.15) is 13.3 Å². The highest BCUT2D eigenvalue weighted by atomic mass is 16.1. The molecular weight excluding hydrogens is 204 g/mol. The summed E-state index contributed by atoms with van der Waals surface area (Å²) in [6.07, 6.45) is 4.27. The Labute approximate surface area is 95.1 Å². The van der Waals surface area contributed by atoms with E-state index < -0.39 is 0 Å². The van der Waals surface area contributed by atoms with Gasteiger partial charge in [0.05, 0.1) is 0 Å². The van der Waals surface area contributed by atoms with E-state index >= 15 is 0 Å². The molecular formula is C11H18N4O. The van der Waals surface area contributed by atoms with Crippen molar-refractivity contribution in [2.24, 2.45) is 0 Å². The number of aromatic amines is 1. The van der Waals surface area contributed by atoms with Gasteiger partial charge in [-0.2, -0.15) is 0 Å². The molecule has 0 bridgehead atoms. The Morgan fingerprint density at radius 2 is 2.31 bits per heavy atom. The minimum absolute atomic E-state index is 0.0982. The lowest BCUT2D eigenvalue weighted by Crippen LogP contribution is -2.41. The SMILES string of the molecule is CC1CN(C)CCCN1c1ncc[nH]c1=O. The summed E-state index contributed by atoms with van der Waals surface area (Å²) in [5, 5.41) is 0. The van der Waals surface area contributed by atoms with Crippen LogP contribution in [0, 0.1) is 0 Å². The van der Waals surface area contributed by atoms with Crippen LogP contribution in [-0.4, -0.2) is 47.6 Å². The highest BCUT2D eigenvalue weighted by Crippen LogP contribution is 2.13. The number of likely N-dealkylation sites (N-methyl/N-ethyl adjacent to an activating group) is 1. The molecule has 0 spiro atoms. The Morgan fingerprint density at radius 1 is 1.50 bits per heavy atom. The third kappa shape index (κ3) is 2.24. The molecule has 1 aromatic heterocycles. The van der Waals surface area contributed by atoms with Gasteiger partial charge in [0.1, 0.15) is 0 Å². The summed E-state index contributed by atoms with van der Waals surface area (Å²) >= 11 is 0. The van der Waals surface area contributed by atoms with Crippen LogP contribution >= 0.6 is 0 Å². The van der Waals surface area contributed by atoms with Crippen molar-refractivity contribution in [2.45, 2.75) is 19.4 Å². The van der Waals surface area contributed by atoms with E-state index in [1.807, 2.05) is 0 Å². The van der Waals surface area contributed by atoms with Gasteiger partial charge in [-0.1, -0.05) is 0 Å². The third-order valence-electron chi connectivity index (χ3n) is 3.01. The Balaban J connectivity index is 2.26. The van der Waals surface area contributed by atoms with Crippen LogP contribution in [0.15, 0.2) is 17.2 Å². The first-order chi connectivity index (χ1) is 7.68. The smallest absolute Gasteiger partial charge is 0.290 e. The number of nitrogens with zero attached hydrogens (tertiary/aromatic N) is 3. The average molecular weight is 222 g/mol. The number of nitrogens with one attached hydrogen (secondary N) is 1. The maximum absolute atomic E-state index is 11.7. The number of anilines is 1. The number of hydrogen-bond acceptors (Lipinski definition) is 4. The summed E-state index contributed by atoms with van der Waals surface area (Å²) in [5.41, 5.74) is -0.0982. The minimum Gasteiger partial charge on any atom is -0.348 e. The van der Waals surface area contributed by atoms with Crippen molar-refractivity contribution in [2.75, 3.05) is 31.6 Å². The third-order valence-corrected chi connectivity index (χ3v) is 3.01. The number of hydrogen-bond donors (Lipinski definition) is 1. The zero-order valence-corrected chi connectivity index (χ0v) is 9.81. The van der Waals surface area contributed by atoms with Gasteiger partial charge in [0, 0.05) is 31.5 Å². The molecule has 1 aromatic rings. The lowest BCUT2D eigenvalue weighted by molar-refractivity contribution is 0.337. The molecule has 0 saturated carbocycles. The van der Waals surface area contributed by atoms with Crippen molar-refractivity contribution in [3.8, 4) is 0 Å². The second kappa shape index (κ2) is 4.65. The Bertz CT molecular complexity index is 403. The quantitative estimate of drug-likeness (QED) is 0.742. The second-order valence-corrected chi connectivity index (χ2v) is 4.40. The second-order valence-electron chi connectivity index (χ2n) is 4.40. The van der Waals surface area contributed by atoms with Gasteiger partial charge in [0.15, 0.2) is 5.82 Å². The number of H-pyrrole nitrogens is 1. The molecule has 5 heteroatoms. The normalized spacial score (nSPS) is 23.1. The van der Waals surface area contributed by atoms with Crippen molar-refractivity contribution >= 4 is 5.82 Å². The fourth-order valence-corrected chi connectivity index (χ4v) is 2.24. The van der Waals surface area contributed by atoms with Crippen molar-refractivity contribution in [1.29, 1.82) is 0 Å². The summed E-state index contributed by atoms with van der Waals surface area (Å²) in [5.74, 6) is 0.547. The maximum Gasteiger partial charge on any atom is 0.290 e. The summed E-state index contributed by atoms with van der Waals surface area (Å²) in [6, 6.07) is 0.323. The summed E-state index contributed by atoms with van der Waals surface area (Å²) in [6.45, 7) is 5.07. The molecule has 1 fully saturated rings. The van der Waals surface area contributed by atoms with E-state index in [0.29, 0.717) is 11.9 Å². The van der Waals surface area contributed by atoms with Crippen LogP contribution in [0.4, 0.5) is 5.82 Å². The van der Waals surface area contributed by atoms with Crippen LogP contribution in [0.25, 0.3) is 0 Å². The highest BCUT2D eigenvalue weighted by Gasteiger charge is 2.22. The lowest BCUT2D eigenvalue weighted by atomic mass is 10.3. The fraction of sp³-hybridized carbons (Fsp3) is 0.636. The molecule has 1 saturated heterocycles. The summed E-state index contributed by atoms with van der Waals surface area (Å²) < 4.78 is 0. The first-order valence-electron chi connectivity index (χ1n) is 5.67. The van der Waals surface area contributed by atoms with E-state index in [-0.39, 0.29) is 5.56 Å². The van der Waals surface area contributed by atoms with Crippen molar-refractivity contribution in [3.05, 3.63) is 22.7 Å². The van der Waals surface area contributed by atoms with Crippen LogP contribution < -0.4 is 10.5 Å². The van der Waals surface area contributed by atoms with Crippen LogP contribution in [0.3, 0.4) is 0 Å².